The Morgan fingerprint density at radius 3 is 2.56 bits per heavy atom. The third kappa shape index (κ3) is 4.26. The molecule has 1 aromatic heterocycles. The van der Waals surface area contributed by atoms with Gasteiger partial charge in [-0.15, -0.1) is 0 Å². The monoisotopic (exact) mass is 379 g/mol. The lowest BCUT2D eigenvalue weighted by Crippen LogP contribution is -2.23. The summed E-state index contributed by atoms with van der Waals surface area (Å²) in [6.07, 6.45) is 2.88. The topological polar surface area (TPSA) is 71.8 Å². The van der Waals surface area contributed by atoms with Crippen LogP contribution >= 0.6 is 23.2 Å². The summed E-state index contributed by atoms with van der Waals surface area (Å²) in [5, 5.41) is 10.3. The predicted octanol–water partition coefficient (Wildman–Crippen LogP) is 3.76. The fourth-order valence-corrected chi connectivity index (χ4v) is 2.49. The first-order valence-corrected chi connectivity index (χ1v) is 7.92. The quantitative estimate of drug-likeness (QED) is 0.707. The van der Waals surface area contributed by atoms with Gasteiger partial charge < -0.3 is 10.6 Å². The molecular formula is C16H12Cl2FN5O. The minimum absolute atomic E-state index is 0.144. The second-order valence-electron chi connectivity index (χ2n) is 5.03. The van der Waals surface area contributed by atoms with E-state index in [0.717, 1.165) is 0 Å². The van der Waals surface area contributed by atoms with E-state index in [9.17, 15) is 9.18 Å². The van der Waals surface area contributed by atoms with Crippen molar-refractivity contribution < 1.29 is 9.18 Å². The molecule has 0 unspecified atom stereocenters. The molecule has 2 aromatic carbocycles. The molecule has 0 spiro atoms. The predicted molar refractivity (Wildman–Crippen MR) is 94.9 cm³/mol. The first kappa shape index (κ1) is 17.2. The van der Waals surface area contributed by atoms with Crippen molar-refractivity contribution in [2.24, 2.45) is 0 Å². The van der Waals surface area contributed by atoms with E-state index in [1.54, 1.807) is 18.2 Å². The van der Waals surface area contributed by atoms with Crippen LogP contribution in [-0.2, 0) is 4.79 Å². The van der Waals surface area contributed by atoms with Gasteiger partial charge in [0.05, 0.1) is 23.6 Å². The molecule has 0 atom stereocenters. The van der Waals surface area contributed by atoms with Gasteiger partial charge in [0.1, 0.15) is 18.5 Å². The number of nitrogens with one attached hydrogen (secondary N) is 2. The van der Waals surface area contributed by atoms with E-state index in [1.807, 2.05) is 0 Å². The molecule has 6 nitrogen and oxygen atoms in total. The van der Waals surface area contributed by atoms with Gasteiger partial charge in [-0.05, 0) is 36.4 Å². The fourth-order valence-electron chi connectivity index (χ4n) is 2.14. The molecule has 0 saturated heterocycles. The smallest absolute Gasteiger partial charge is 0.243 e. The Bertz CT molecular complexity index is 902. The molecule has 128 valence electrons. The Kier molecular flexibility index (Phi) is 5.16. The molecule has 3 rings (SSSR count). The lowest BCUT2D eigenvalue weighted by Gasteiger charge is -2.12. The summed E-state index contributed by atoms with van der Waals surface area (Å²) in [5.74, 6) is -0.883. The maximum absolute atomic E-state index is 13.7. The van der Waals surface area contributed by atoms with Crippen LogP contribution in [0.25, 0.3) is 5.69 Å². The number of nitrogens with zero attached hydrogens (tertiary/aromatic N) is 3. The number of hydrogen-bond acceptors (Lipinski definition) is 4. The van der Waals surface area contributed by atoms with Gasteiger partial charge >= 0.3 is 0 Å². The SMILES string of the molecule is O=C(CNc1cc(Cl)ccc1F)Nc1cc(Cl)ccc1-n1cncn1. The minimum atomic E-state index is -0.497. The van der Waals surface area contributed by atoms with Crippen molar-refractivity contribution in [2.45, 2.75) is 0 Å². The number of benzene rings is 2. The second kappa shape index (κ2) is 7.50. The van der Waals surface area contributed by atoms with Crippen molar-refractivity contribution in [3.63, 3.8) is 0 Å². The summed E-state index contributed by atoms with van der Waals surface area (Å²) in [4.78, 5) is 16.1. The molecular weight excluding hydrogens is 368 g/mol. The van der Waals surface area contributed by atoms with E-state index in [1.165, 1.54) is 35.5 Å². The molecule has 2 N–H and O–H groups in total. The van der Waals surface area contributed by atoms with Crippen molar-refractivity contribution in [2.75, 3.05) is 17.2 Å². The highest BCUT2D eigenvalue weighted by Crippen LogP contribution is 2.24. The standard InChI is InChI=1S/C16H12Cl2FN5O/c17-10-1-3-12(19)13(5-10)21-7-16(25)23-14-6-11(18)2-4-15(14)24-9-20-8-22-24/h1-6,8-9,21H,7H2,(H,23,25). The lowest BCUT2D eigenvalue weighted by molar-refractivity contribution is -0.114. The van der Waals surface area contributed by atoms with Crippen LogP contribution in [0.2, 0.25) is 10.0 Å². The third-order valence-electron chi connectivity index (χ3n) is 3.27. The van der Waals surface area contributed by atoms with Crippen LogP contribution in [0.4, 0.5) is 15.8 Å². The van der Waals surface area contributed by atoms with E-state index in [2.05, 4.69) is 20.7 Å². The van der Waals surface area contributed by atoms with E-state index in [0.29, 0.717) is 21.4 Å². The van der Waals surface area contributed by atoms with E-state index < -0.39 is 5.82 Å². The molecule has 0 saturated carbocycles. The Morgan fingerprint density at radius 1 is 1.12 bits per heavy atom. The summed E-state index contributed by atoms with van der Waals surface area (Å²) in [7, 11) is 0. The summed E-state index contributed by atoms with van der Waals surface area (Å²) in [5.41, 5.74) is 1.20. The molecule has 0 fully saturated rings. The zero-order valence-electron chi connectivity index (χ0n) is 12.7. The lowest BCUT2D eigenvalue weighted by atomic mass is 10.2. The van der Waals surface area contributed by atoms with Crippen LogP contribution in [0.5, 0.6) is 0 Å². The zero-order valence-corrected chi connectivity index (χ0v) is 14.2. The van der Waals surface area contributed by atoms with E-state index >= 15 is 0 Å². The molecule has 1 amide bonds. The number of aromatic nitrogens is 3. The van der Waals surface area contributed by atoms with Crippen LogP contribution in [0.1, 0.15) is 0 Å². The average molecular weight is 380 g/mol. The van der Waals surface area contributed by atoms with Gasteiger partial charge in [-0.3, -0.25) is 4.79 Å². The van der Waals surface area contributed by atoms with Gasteiger partial charge in [-0.2, -0.15) is 5.10 Å². The summed E-state index contributed by atoms with van der Waals surface area (Å²) in [6.45, 7) is -0.152. The molecule has 25 heavy (non-hydrogen) atoms. The summed E-state index contributed by atoms with van der Waals surface area (Å²) in [6, 6.07) is 9.03. The van der Waals surface area contributed by atoms with Gasteiger partial charge in [0.25, 0.3) is 0 Å². The number of carbonyl (C=O) groups is 1. The van der Waals surface area contributed by atoms with Gasteiger partial charge in [-0.25, -0.2) is 14.1 Å². The van der Waals surface area contributed by atoms with Crippen molar-refractivity contribution >= 4 is 40.5 Å². The van der Waals surface area contributed by atoms with Crippen molar-refractivity contribution in [3.05, 3.63) is 64.9 Å². The minimum Gasteiger partial charge on any atom is -0.374 e. The maximum atomic E-state index is 13.7. The van der Waals surface area contributed by atoms with Crippen LogP contribution < -0.4 is 10.6 Å². The first-order chi connectivity index (χ1) is 12.0. The number of carbonyl (C=O) groups excluding carboxylic acids is 1. The highest BCUT2D eigenvalue weighted by Gasteiger charge is 2.11. The van der Waals surface area contributed by atoms with Crippen molar-refractivity contribution in [1.82, 2.24) is 14.8 Å². The maximum Gasteiger partial charge on any atom is 0.243 e. The van der Waals surface area contributed by atoms with Crippen LogP contribution in [-0.4, -0.2) is 27.2 Å². The zero-order chi connectivity index (χ0) is 17.8. The molecule has 1 heterocycles. The van der Waals surface area contributed by atoms with Gasteiger partial charge in [0.15, 0.2) is 0 Å². The van der Waals surface area contributed by atoms with Gasteiger partial charge in [0.2, 0.25) is 5.91 Å². The summed E-state index contributed by atoms with van der Waals surface area (Å²) < 4.78 is 15.2. The molecule has 0 radical (unpaired) electrons. The van der Waals surface area contributed by atoms with Crippen molar-refractivity contribution in [1.29, 1.82) is 0 Å². The van der Waals surface area contributed by atoms with E-state index in [4.69, 9.17) is 23.2 Å². The number of anilines is 2. The van der Waals surface area contributed by atoms with Crippen molar-refractivity contribution in [3.8, 4) is 5.69 Å². The van der Waals surface area contributed by atoms with Gasteiger partial charge in [0, 0.05) is 10.0 Å². The number of amides is 1. The fraction of sp³-hybridized carbons (Fsp3) is 0.0625. The number of halogens is 3. The molecule has 0 aliphatic carbocycles. The normalized spacial score (nSPS) is 10.5. The third-order valence-corrected chi connectivity index (χ3v) is 3.74. The Morgan fingerprint density at radius 2 is 1.84 bits per heavy atom. The Balaban J connectivity index is 1.73. The highest BCUT2D eigenvalue weighted by atomic mass is 35.5. The summed E-state index contributed by atoms with van der Waals surface area (Å²) >= 11 is 11.8. The average Bonchev–Trinajstić information content (AvgIpc) is 3.10. The molecule has 9 heteroatoms. The molecule has 0 bridgehead atoms. The van der Waals surface area contributed by atoms with Gasteiger partial charge in [-0.1, -0.05) is 23.2 Å². The molecule has 0 aliphatic rings. The second-order valence-corrected chi connectivity index (χ2v) is 5.90. The van der Waals surface area contributed by atoms with Crippen LogP contribution in [0, 0.1) is 5.82 Å². The number of rotatable bonds is 5. The molecule has 0 aliphatic heterocycles. The van der Waals surface area contributed by atoms with Crippen LogP contribution in [0.3, 0.4) is 0 Å². The number of hydrogen-bond donors (Lipinski definition) is 2. The molecule has 3 aromatic rings. The largest absolute Gasteiger partial charge is 0.374 e. The Hall–Kier alpha value is -2.64. The van der Waals surface area contributed by atoms with E-state index in [-0.39, 0.29) is 18.1 Å². The highest BCUT2D eigenvalue weighted by molar-refractivity contribution is 6.31. The Labute approximate surface area is 152 Å². The first-order valence-electron chi connectivity index (χ1n) is 7.16. The van der Waals surface area contributed by atoms with Crippen LogP contribution in [0.15, 0.2) is 49.1 Å².